The van der Waals surface area contributed by atoms with Crippen molar-refractivity contribution in [2.24, 2.45) is 0 Å². The third-order valence-electron chi connectivity index (χ3n) is 4.84. The van der Waals surface area contributed by atoms with Crippen LogP contribution in [0.5, 0.6) is 11.5 Å². The molecule has 0 saturated carbocycles. The van der Waals surface area contributed by atoms with E-state index >= 15 is 0 Å². The first-order chi connectivity index (χ1) is 13.7. The Kier molecular flexibility index (Phi) is 4.92. The minimum Gasteiger partial charge on any atom is -0.465 e. The van der Waals surface area contributed by atoms with Crippen molar-refractivity contribution < 1.29 is 23.8 Å². The normalized spacial score (nSPS) is 15.3. The lowest BCUT2D eigenvalue weighted by Crippen LogP contribution is -2.50. The van der Waals surface area contributed by atoms with Crippen LogP contribution in [0, 0.1) is 0 Å². The van der Waals surface area contributed by atoms with Gasteiger partial charge in [0.15, 0.2) is 11.5 Å². The Labute approximate surface area is 162 Å². The Balaban J connectivity index is 1.38. The number of hydrogen-bond donors (Lipinski definition) is 1. The number of amides is 2. The molecule has 146 valence electrons. The summed E-state index contributed by atoms with van der Waals surface area (Å²) >= 11 is 0. The second-order valence-electron chi connectivity index (χ2n) is 6.48. The summed E-state index contributed by atoms with van der Waals surface area (Å²) in [7, 11) is 1.37. The van der Waals surface area contributed by atoms with E-state index in [0.717, 1.165) is 5.69 Å². The smallest absolute Gasteiger partial charge is 0.339 e. The largest absolute Gasteiger partial charge is 0.465 e. The number of methoxy groups -OCH3 is 1. The first-order valence-corrected chi connectivity index (χ1v) is 9.03. The molecular weight excluding hydrogens is 362 g/mol. The zero-order valence-electron chi connectivity index (χ0n) is 15.5. The predicted octanol–water partition coefficient (Wildman–Crippen LogP) is 2.56. The number of nitrogens with one attached hydrogen (secondary N) is 1. The zero-order valence-corrected chi connectivity index (χ0v) is 15.5. The number of hydrogen-bond acceptors (Lipinski definition) is 6. The van der Waals surface area contributed by atoms with Crippen LogP contribution in [0.15, 0.2) is 42.5 Å². The lowest BCUT2D eigenvalue weighted by Gasteiger charge is -2.36. The molecule has 2 aromatic carbocycles. The van der Waals surface area contributed by atoms with Crippen molar-refractivity contribution in [2.45, 2.75) is 0 Å². The summed E-state index contributed by atoms with van der Waals surface area (Å²) in [6.07, 6.45) is 0. The summed E-state index contributed by atoms with van der Waals surface area (Å²) in [5.41, 5.74) is 2.01. The molecule has 0 aliphatic carbocycles. The second-order valence-corrected chi connectivity index (χ2v) is 6.48. The fourth-order valence-corrected chi connectivity index (χ4v) is 3.36. The van der Waals surface area contributed by atoms with Gasteiger partial charge in [-0.3, -0.25) is 0 Å². The number of fused-ring (bicyclic) bond motifs is 1. The number of carbonyl (C=O) groups is 2. The summed E-state index contributed by atoms with van der Waals surface area (Å²) in [6.45, 7) is 2.55. The molecule has 28 heavy (non-hydrogen) atoms. The minimum absolute atomic E-state index is 0.167. The lowest BCUT2D eigenvalue weighted by molar-refractivity contribution is 0.0601. The SMILES string of the molecule is COC(=O)c1ccccc1N1CCN(C(=O)Nc2ccc3c(c2)OCO3)CC1. The molecule has 2 amide bonds. The number of benzene rings is 2. The maximum atomic E-state index is 12.6. The molecule has 8 nitrogen and oxygen atoms in total. The molecule has 1 saturated heterocycles. The van der Waals surface area contributed by atoms with Gasteiger partial charge in [0, 0.05) is 37.9 Å². The monoisotopic (exact) mass is 383 g/mol. The first-order valence-electron chi connectivity index (χ1n) is 9.03. The quantitative estimate of drug-likeness (QED) is 0.821. The molecule has 0 bridgehead atoms. The van der Waals surface area contributed by atoms with Crippen molar-refractivity contribution in [3.63, 3.8) is 0 Å². The minimum atomic E-state index is -0.362. The molecule has 1 N–H and O–H groups in total. The fraction of sp³-hybridized carbons (Fsp3) is 0.300. The van der Waals surface area contributed by atoms with Gasteiger partial charge in [0.05, 0.1) is 18.4 Å². The summed E-state index contributed by atoms with van der Waals surface area (Å²) in [5.74, 6) is 0.941. The summed E-state index contributed by atoms with van der Waals surface area (Å²) in [4.78, 5) is 28.4. The number of para-hydroxylation sites is 1. The highest BCUT2D eigenvalue weighted by Gasteiger charge is 2.24. The van der Waals surface area contributed by atoms with E-state index in [1.54, 1.807) is 29.2 Å². The van der Waals surface area contributed by atoms with Crippen molar-refractivity contribution in [3.05, 3.63) is 48.0 Å². The van der Waals surface area contributed by atoms with Crippen LogP contribution < -0.4 is 19.7 Å². The highest BCUT2D eigenvalue weighted by Crippen LogP contribution is 2.34. The zero-order chi connectivity index (χ0) is 19.5. The van der Waals surface area contributed by atoms with Crippen LogP contribution in [-0.4, -0.2) is 57.0 Å². The Hall–Kier alpha value is -3.42. The fourth-order valence-electron chi connectivity index (χ4n) is 3.36. The summed E-state index contributed by atoms with van der Waals surface area (Å²) < 4.78 is 15.5. The van der Waals surface area contributed by atoms with Crippen LogP contribution in [0.2, 0.25) is 0 Å². The van der Waals surface area contributed by atoms with Crippen LogP contribution >= 0.6 is 0 Å². The van der Waals surface area contributed by atoms with E-state index in [1.807, 2.05) is 18.2 Å². The van der Waals surface area contributed by atoms with E-state index in [2.05, 4.69) is 10.2 Å². The molecule has 2 aliphatic rings. The molecule has 0 radical (unpaired) electrons. The van der Waals surface area contributed by atoms with Gasteiger partial charge in [-0.05, 0) is 24.3 Å². The third kappa shape index (κ3) is 3.53. The molecular formula is C20H21N3O5. The Morgan fingerprint density at radius 2 is 1.75 bits per heavy atom. The Bertz CT molecular complexity index is 893. The highest BCUT2D eigenvalue weighted by atomic mass is 16.7. The standard InChI is InChI=1S/C20H21N3O5/c1-26-19(24)15-4-2-3-5-16(15)22-8-10-23(11-9-22)20(25)21-14-6-7-17-18(12-14)28-13-27-17/h2-7,12H,8-11,13H2,1H3,(H,21,25). The molecule has 8 heteroatoms. The van der Waals surface area contributed by atoms with Gasteiger partial charge in [0.1, 0.15) is 0 Å². The number of ether oxygens (including phenoxy) is 3. The molecule has 0 unspecified atom stereocenters. The predicted molar refractivity (Wildman–Crippen MR) is 103 cm³/mol. The van der Waals surface area contributed by atoms with E-state index in [-0.39, 0.29) is 18.8 Å². The van der Waals surface area contributed by atoms with Gasteiger partial charge < -0.3 is 29.3 Å². The number of urea groups is 1. The Morgan fingerprint density at radius 1 is 1.00 bits per heavy atom. The van der Waals surface area contributed by atoms with Gasteiger partial charge in [-0.1, -0.05) is 12.1 Å². The van der Waals surface area contributed by atoms with Gasteiger partial charge in [0.2, 0.25) is 6.79 Å². The van der Waals surface area contributed by atoms with Gasteiger partial charge in [-0.2, -0.15) is 0 Å². The van der Waals surface area contributed by atoms with E-state index in [1.165, 1.54) is 7.11 Å². The average Bonchev–Trinajstić information content (AvgIpc) is 3.21. The van der Waals surface area contributed by atoms with Crippen LogP contribution in [0.1, 0.15) is 10.4 Å². The maximum Gasteiger partial charge on any atom is 0.339 e. The first kappa shape index (κ1) is 18.0. The lowest BCUT2D eigenvalue weighted by atomic mass is 10.1. The number of nitrogens with zero attached hydrogens (tertiary/aromatic N) is 2. The van der Waals surface area contributed by atoms with Crippen LogP contribution in [0.4, 0.5) is 16.2 Å². The van der Waals surface area contributed by atoms with Crippen LogP contribution in [0.3, 0.4) is 0 Å². The number of rotatable bonds is 3. The van der Waals surface area contributed by atoms with Crippen LogP contribution in [0.25, 0.3) is 0 Å². The maximum absolute atomic E-state index is 12.6. The average molecular weight is 383 g/mol. The molecule has 2 aliphatic heterocycles. The number of carbonyl (C=O) groups excluding carboxylic acids is 2. The molecule has 0 atom stereocenters. The highest BCUT2D eigenvalue weighted by molar-refractivity contribution is 5.96. The van der Waals surface area contributed by atoms with E-state index in [9.17, 15) is 9.59 Å². The molecule has 1 fully saturated rings. The summed E-state index contributed by atoms with van der Waals surface area (Å²) in [6, 6.07) is 12.5. The number of esters is 1. The van der Waals surface area contributed by atoms with E-state index < -0.39 is 0 Å². The summed E-state index contributed by atoms with van der Waals surface area (Å²) in [5, 5.41) is 2.89. The molecule has 4 rings (SSSR count). The van der Waals surface area contributed by atoms with E-state index in [0.29, 0.717) is 48.9 Å². The molecule has 0 aromatic heterocycles. The van der Waals surface area contributed by atoms with Gasteiger partial charge in [-0.15, -0.1) is 0 Å². The van der Waals surface area contributed by atoms with Crippen LogP contribution in [-0.2, 0) is 4.74 Å². The van der Waals surface area contributed by atoms with Crippen molar-refractivity contribution in [1.29, 1.82) is 0 Å². The van der Waals surface area contributed by atoms with Crippen molar-refractivity contribution >= 4 is 23.4 Å². The van der Waals surface area contributed by atoms with Gasteiger partial charge >= 0.3 is 12.0 Å². The third-order valence-corrected chi connectivity index (χ3v) is 4.84. The van der Waals surface area contributed by atoms with E-state index in [4.69, 9.17) is 14.2 Å². The van der Waals surface area contributed by atoms with Crippen molar-refractivity contribution in [2.75, 3.05) is 50.3 Å². The number of anilines is 2. The van der Waals surface area contributed by atoms with Crippen molar-refractivity contribution in [1.82, 2.24) is 4.90 Å². The number of piperazine rings is 1. The van der Waals surface area contributed by atoms with Crippen molar-refractivity contribution in [3.8, 4) is 11.5 Å². The topological polar surface area (TPSA) is 80.3 Å². The molecule has 2 aromatic rings. The Morgan fingerprint density at radius 3 is 2.54 bits per heavy atom. The molecule has 0 spiro atoms. The van der Waals surface area contributed by atoms with Gasteiger partial charge in [0.25, 0.3) is 0 Å². The van der Waals surface area contributed by atoms with Gasteiger partial charge in [-0.25, -0.2) is 9.59 Å². The second kappa shape index (κ2) is 7.67. The molecule has 2 heterocycles.